The second kappa shape index (κ2) is 6.62. The maximum absolute atomic E-state index is 12.1. The average Bonchev–Trinajstić information content (AvgIpc) is 3.00. The topological polar surface area (TPSA) is 58.2 Å². The first-order valence-corrected chi connectivity index (χ1v) is 9.05. The lowest BCUT2D eigenvalue weighted by Gasteiger charge is -2.03. The molecule has 0 aliphatic rings. The number of nitrogens with one attached hydrogen (secondary N) is 2. The van der Waals surface area contributed by atoms with Crippen LogP contribution in [0.2, 0.25) is 0 Å². The Morgan fingerprint density at radius 1 is 1.21 bits per heavy atom. The van der Waals surface area contributed by atoms with Gasteiger partial charge in [0.1, 0.15) is 4.21 Å². The normalized spacial score (nSPS) is 11.8. The lowest BCUT2D eigenvalue weighted by Crippen LogP contribution is -2.25. The van der Waals surface area contributed by atoms with E-state index in [1.807, 2.05) is 30.6 Å². The Hall–Kier alpha value is -0.730. The summed E-state index contributed by atoms with van der Waals surface area (Å²) in [6.07, 6.45) is 0.728. The highest BCUT2D eigenvalue weighted by Gasteiger charge is 2.16. The minimum atomic E-state index is -3.37. The summed E-state index contributed by atoms with van der Waals surface area (Å²) >= 11 is 2.94. The van der Waals surface area contributed by atoms with Gasteiger partial charge in [-0.2, -0.15) is 0 Å². The Morgan fingerprint density at radius 3 is 2.74 bits per heavy atom. The second-order valence-electron chi connectivity index (χ2n) is 3.98. The van der Waals surface area contributed by atoms with Crippen LogP contribution >= 0.6 is 22.7 Å². The van der Waals surface area contributed by atoms with Crippen molar-refractivity contribution in [2.75, 3.05) is 13.6 Å². The van der Waals surface area contributed by atoms with Gasteiger partial charge in [-0.3, -0.25) is 0 Å². The molecular formula is C12H16N2O2S3. The minimum absolute atomic E-state index is 0.379. The molecule has 19 heavy (non-hydrogen) atoms. The first-order chi connectivity index (χ1) is 9.12. The van der Waals surface area contributed by atoms with Gasteiger partial charge in [0.25, 0.3) is 0 Å². The lowest BCUT2D eigenvalue weighted by molar-refractivity contribution is 0.584. The van der Waals surface area contributed by atoms with E-state index >= 15 is 0 Å². The predicted octanol–water partition coefficient (Wildman–Crippen LogP) is 2.05. The van der Waals surface area contributed by atoms with Crippen LogP contribution in [0, 0.1) is 0 Å². The molecule has 104 valence electrons. The molecule has 0 atom stereocenters. The van der Waals surface area contributed by atoms with Crippen molar-refractivity contribution in [3.05, 3.63) is 39.4 Å². The number of rotatable bonds is 7. The van der Waals surface area contributed by atoms with Crippen LogP contribution in [0.15, 0.2) is 33.9 Å². The number of hydrogen-bond acceptors (Lipinski definition) is 5. The molecule has 0 aromatic carbocycles. The molecule has 2 rings (SSSR count). The highest BCUT2D eigenvalue weighted by atomic mass is 32.2. The van der Waals surface area contributed by atoms with E-state index in [9.17, 15) is 8.42 Å². The van der Waals surface area contributed by atoms with Crippen LogP contribution in [-0.4, -0.2) is 22.0 Å². The molecule has 0 radical (unpaired) electrons. The summed E-state index contributed by atoms with van der Waals surface area (Å²) in [5, 5.41) is 5.00. The fourth-order valence-electron chi connectivity index (χ4n) is 1.61. The van der Waals surface area contributed by atoms with Gasteiger partial charge in [-0.1, -0.05) is 6.07 Å². The maximum Gasteiger partial charge on any atom is 0.250 e. The Balaban J connectivity index is 1.93. The zero-order valence-electron chi connectivity index (χ0n) is 10.5. The summed E-state index contributed by atoms with van der Waals surface area (Å²) in [5.41, 5.74) is 0. The summed E-state index contributed by atoms with van der Waals surface area (Å²) in [4.78, 5) is 2.20. The van der Waals surface area contributed by atoms with Crippen LogP contribution in [0.25, 0.3) is 0 Å². The van der Waals surface area contributed by atoms with Gasteiger partial charge >= 0.3 is 0 Å². The molecule has 0 saturated heterocycles. The van der Waals surface area contributed by atoms with Crippen molar-refractivity contribution in [3.8, 4) is 0 Å². The highest BCUT2D eigenvalue weighted by molar-refractivity contribution is 7.91. The van der Waals surface area contributed by atoms with Crippen molar-refractivity contribution >= 4 is 32.7 Å². The third-order valence-electron chi connectivity index (χ3n) is 2.50. The molecule has 0 spiro atoms. The van der Waals surface area contributed by atoms with E-state index in [2.05, 4.69) is 10.0 Å². The van der Waals surface area contributed by atoms with Crippen LogP contribution in [0.4, 0.5) is 0 Å². The molecule has 0 fully saturated rings. The summed E-state index contributed by atoms with van der Waals surface area (Å²) < 4.78 is 27.1. The summed E-state index contributed by atoms with van der Waals surface area (Å²) in [5.74, 6) is 0. The Morgan fingerprint density at radius 2 is 2.05 bits per heavy atom. The van der Waals surface area contributed by atoms with Crippen LogP contribution in [0.5, 0.6) is 0 Å². The van der Waals surface area contributed by atoms with Gasteiger partial charge in [-0.05, 0) is 37.0 Å². The molecular weight excluding hydrogens is 300 g/mol. The van der Waals surface area contributed by atoms with Crippen molar-refractivity contribution in [2.24, 2.45) is 0 Å². The Bertz CT molecular complexity index is 603. The maximum atomic E-state index is 12.1. The molecule has 7 heteroatoms. The van der Waals surface area contributed by atoms with E-state index in [-0.39, 0.29) is 0 Å². The zero-order valence-corrected chi connectivity index (χ0v) is 13.0. The minimum Gasteiger partial charge on any atom is -0.315 e. The summed E-state index contributed by atoms with van der Waals surface area (Å²) in [7, 11) is -1.53. The van der Waals surface area contributed by atoms with Gasteiger partial charge in [-0.25, -0.2) is 13.1 Å². The lowest BCUT2D eigenvalue weighted by atomic mass is 10.3. The molecule has 0 unspecified atom stereocenters. The standard InChI is InChI=1S/C12H16N2O2S3/c1-13-9-11-4-5-12(18-11)19(15,16)14-7-6-10-3-2-8-17-10/h2-5,8,13-14H,6-7,9H2,1H3. The Kier molecular flexibility index (Phi) is 5.12. The van der Waals surface area contributed by atoms with Gasteiger partial charge in [0.2, 0.25) is 10.0 Å². The van der Waals surface area contributed by atoms with Gasteiger partial charge in [-0.15, -0.1) is 22.7 Å². The molecule has 0 aliphatic carbocycles. The van der Waals surface area contributed by atoms with Gasteiger partial charge in [0.05, 0.1) is 0 Å². The fourth-order valence-corrected chi connectivity index (χ4v) is 4.76. The fraction of sp³-hybridized carbons (Fsp3) is 0.333. The molecule has 0 aliphatic heterocycles. The SMILES string of the molecule is CNCc1ccc(S(=O)(=O)NCCc2cccs2)s1. The molecule has 0 amide bonds. The smallest absolute Gasteiger partial charge is 0.250 e. The van der Waals surface area contributed by atoms with Gasteiger partial charge in [0, 0.05) is 22.8 Å². The van der Waals surface area contributed by atoms with E-state index in [4.69, 9.17) is 0 Å². The molecule has 2 aromatic heterocycles. The predicted molar refractivity (Wildman–Crippen MR) is 80.3 cm³/mol. The largest absolute Gasteiger partial charge is 0.315 e. The van der Waals surface area contributed by atoms with Crippen LogP contribution in [0.3, 0.4) is 0 Å². The van der Waals surface area contributed by atoms with Crippen LogP contribution < -0.4 is 10.0 Å². The van der Waals surface area contributed by atoms with E-state index in [1.54, 1.807) is 17.4 Å². The first-order valence-electron chi connectivity index (χ1n) is 5.87. The third-order valence-corrected chi connectivity index (χ3v) is 6.47. The number of sulfonamides is 1. The van der Waals surface area contributed by atoms with Crippen molar-refractivity contribution in [1.29, 1.82) is 0 Å². The number of hydrogen-bond donors (Lipinski definition) is 2. The molecule has 0 bridgehead atoms. The molecule has 2 heterocycles. The molecule has 2 N–H and O–H groups in total. The van der Waals surface area contributed by atoms with E-state index in [1.165, 1.54) is 16.2 Å². The van der Waals surface area contributed by atoms with E-state index in [0.29, 0.717) is 17.3 Å². The van der Waals surface area contributed by atoms with Crippen LogP contribution in [-0.2, 0) is 23.0 Å². The van der Waals surface area contributed by atoms with Crippen molar-refractivity contribution < 1.29 is 8.42 Å². The zero-order chi connectivity index (χ0) is 13.7. The Labute approximate surface area is 121 Å². The third kappa shape index (κ3) is 4.12. The second-order valence-corrected chi connectivity index (χ2v) is 8.17. The quantitative estimate of drug-likeness (QED) is 0.822. The van der Waals surface area contributed by atoms with Crippen molar-refractivity contribution in [2.45, 2.75) is 17.2 Å². The van der Waals surface area contributed by atoms with Crippen LogP contribution in [0.1, 0.15) is 9.75 Å². The van der Waals surface area contributed by atoms with E-state index < -0.39 is 10.0 Å². The molecule has 4 nitrogen and oxygen atoms in total. The van der Waals surface area contributed by atoms with E-state index in [0.717, 1.165) is 11.3 Å². The summed E-state index contributed by atoms with van der Waals surface area (Å²) in [6.45, 7) is 1.12. The molecule has 2 aromatic rings. The van der Waals surface area contributed by atoms with Gasteiger partial charge in [0.15, 0.2) is 0 Å². The van der Waals surface area contributed by atoms with Crippen molar-refractivity contribution in [1.82, 2.24) is 10.0 Å². The average molecular weight is 316 g/mol. The number of thiophene rings is 2. The summed E-state index contributed by atoms with van der Waals surface area (Å²) in [6, 6.07) is 7.48. The first kappa shape index (κ1) is 14.7. The van der Waals surface area contributed by atoms with Crippen molar-refractivity contribution in [3.63, 3.8) is 0 Å². The van der Waals surface area contributed by atoms with Gasteiger partial charge < -0.3 is 5.32 Å². The molecule has 0 saturated carbocycles. The highest BCUT2D eigenvalue weighted by Crippen LogP contribution is 2.21. The monoisotopic (exact) mass is 316 g/mol.